The number of rotatable bonds is 8. The molecule has 7 nitrogen and oxygen atoms in total. The summed E-state index contributed by atoms with van der Waals surface area (Å²) in [5.41, 5.74) is 0.568. The van der Waals surface area contributed by atoms with E-state index >= 15 is 0 Å². The van der Waals surface area contributed by atoms with Crippen LogP contribution in [0.1, 0.15) is 32.6 Å². The number of benzene rings is 1. The molecule has 1 heterocycles. The van der Waals surface area contributed by atoms with E-state index < -0.39 is 18.0 Å². The van der Waals surface area contributed by atoms with Gasteiger partial charge in [-0.1, -0.05) is 31.9 Å². The van der Waals surface area contributed by atoms with Crippen LogP contribution >= 0.6 is 0 Å². The van der Waals surface area contributed by atoms with E-state index in [4.69, 9.17) is 9.47 Å². The summed E-state index contributed by atoms with van der Waals surface area (Å²) in [6, 6.07) is 6.96. The van der Waals surface area contributed by atoms with Gasteiger partial charge in [-0.3, -0.25) is 14.4 Å². The van der Waals surface area contributed by atoms with Crippen LogP contribution < -0.4 is 15.4 Å². The van der Waals surface area contributed by atoms with E-state index in [2.05, 4.69) is 17.6 Å². The van der Waals surface area contributed by atoms with E-state index in [1.54, 1.807) is 24.3 Å². The first kappa shape index (κ1) is 17.8. The van der Waals surface area contributed by atoms with Crippen LogP contribution in [0.5, 0.6) is 5.75 Å². The second-order valence-electron chi connectivity index (χ2n) is 5.51. The standard InChI is InChI=1S/C17H22N2O5/c1-2-3-6-9-18-15(20)11-23-16(21)10-14-17(22)19-12-7-4-5-8-13(12)24-14/h4-5,7-8,14H,2-3,6,9-11H2,1H3,(H,18,20)(H,19,22)/t14-/m0/s1. The fourth-order valence-corrected chi connectivity index (χ4v) is 2.24. The number of hydrogen-bond donors (Lipinski definition) is 2. The van der Waals surface area contributed by atoms with Crippen molar-refractivity contribution in [3.63, 3.8) is 0 Å². The molecule has 1 atom stereocenters. The summed E-state index contributed by atoms with van der Waals surface area (Å²) in [6.07, 6.45) is 1.79. The summed E-state index contributed by atoms with van der Waals surface area (Å²) < 4.78 is 10.4. The van der Waals surface area contributed by atoms with Gasteiger partial charge in [-0.05, 0) is 18.6 Å². The van der Waals surface area contributed by atoms with Gasteiger partial charge >= 0.3 is 5.97 Å². The maximum Gasteiger partial charge on any atom is 0.310 e. The molecule has 2 N–H and O–H groups in total. The zero-order valence-corrected chi connectivity index (χ0v) is 13.7. The Morgan fingerprint density at radius 3 is 2.88 bits per heavy atom. The maximum atomic E-state index is 11.9. The third kappa shape index (κ3) is 5.26. The summed E-state index contributed by atoms with van der Waals surface area (Å²) >= 11 is 0. The minimum atomic E-state index is -0.958. The Morgan fingerprint density at radius 2 is 2.08 bits per heavy atom. The lowest BCUT2D eigenvalue weighted by atomic mass is 10.1. The van der Waals surface area contributed by atoms with Gasteiger partial charge in [-0.2, -0.15) is 0 Å². The second-order valence-corrected chi connectivity index (χ2v) is 5.51. The molecule has 2 rings (SSSR count). The molecule has 24 heavy (non-hydrogen) atoms. The first-order valence-electron chi connectivity index (χ1n) is 8.09. The fraction of sp³-hybridized carbons (Fsp3) is 0.471. The van der Waals surface area contributed by atoms with Crippen molar-refractivity contribution in [3.05, 3.63) is 24.3 Å². The summed E-state index contributed by atoms with van der Waals surface area (Å²) in [7, 11) is 0. The van der Waals surface area contributed by atoms with E-state index in [9.17, 15) is 14.4 Å². The van der Waals surface area contributed by atoms with Crippen LogP contribution in [0, 0.1) is 0 Å². The highest BCUT2D eigenvalue weighted by molar-refractivity contribution is 5.99. The van der Waals surface area contributed by atoms with Crippen molar-refractivity contribution in [2.45, 2.75) is 38.7 Å². The number of fused-ring (bicyclic) bond motifs is 1. The first-order valence-corrected chi connectivity index (χ1v) is 8.09. The molecular formula is C17H22N2O5. The molecule has 0 unspecified atom stereocenters. The Bertz CT molecular complexity index is 602. The lowest BCUT2D eigenvalue weighted by Crippen LogP contribution is -2.39. The molecule has 130 valence electrons. The molecule has 1 aromatic carbocycles. The van der Waals surface area contributed by atoms with Crippen molar-refractivity contribution >= 4 is 23.5 Å². The highest BCUT2D eigenvalue weighted by Gasteiger charge is 2.30. The number of unbranched alkanes of at least 4 members (excludes halogenated alkanes) is 2. The average molecular weight is 334 g/mol. The van der Waals surface area contributed by atoms with Gasteiger partial charge in [0, 0.05) is 6.54 Å². The van der Waals surface area contributed by atoms with Crippen LogP contribution in [0.4, 0.5) is 5.69 Å². The van der Waals surface area contributed by atoms with Crippen LogP contribution in [0.15, 0.2) is 24.3 Å². The van der Waals surface area contributed by atoms with Crippen LogP contribution in [0.2, 0.25) is 0 Å². The van der Waals surface area contributed by atoms with Crippen molar-refractivity contribution < 1.29 is 23.9 Å². The number of amides is 2. The fourth-order valence-electron chi connectivity index (χ4n) is 2.24. The van der Waals surface area contributed by atoms with Gasteiger partial charge in [-0.25, -0.2) is 0 Å². The van der Waals surface area contributed by atoms with Crippen molar-refractivity contribution in [3.8, 4) is 5.75 Å². The summed E-state index contributed by atoms with van der Waals surface area (Å²) in [5.74, 6) is -0.907. The predicted molar refractivity (Wildman–Crippen MR) is 87.6 cm³/mol. The van der Waals surface area contributed by atoms with Crippen molar-refractivity contribution in [1.29, 1.82) is 0 Å². The number of esters is 1. The Hall–Kier alpha value is -2.57. The van der Waals surface area contributed by atoms with Crippen LogP contribution in [-0.4, -0.2) is 37.0 Å². The van der Waals surface area contributed by atoms with Gasteiger partial charge in [0.25, 0.3) is 11.8 Å². The van der Waals surface area contributed by atoms with Gasteiger partial charge in [0.15, 0.2) is 12.7 Å². The summed E-state index contributed by atoms with van der Waals surface area (Å²) in [6.45, 7) is 2.29. The molecule has 7 heteroatoms. The number of anilines is 1. The monoisotopic (exact) mass is 334 g/mol. The zero-order chi connectivity index (χ0) is 17.4. The number of ether oxygens (including phenoxy) is 2. The predicted octanol–water partition coefficient (Wildman–Crippen LogP) is 1.63. The topological polar surface area (TPSA) is 93.7 Å². The Morgan fingerprint density at radius 1 is 1.29 bits per heavy atom. The van der Waals surface area contributed by atoms with E-state index in [0.717, 1.165) is 19.3 Å². The SMILES string of the molecule is CCCCCNC(=O)COC(=O)C[C@@H]1Oc2ccccc2NC1=O. The van der Waals surface area contributed by atoms with Crippen LogP contribution in [0.25, 0.3) is 0 Å². The zero-order valence-electron chi connectivity index (χ0n) is 13.7. The highest BCUT2D eigenvalue weighted by Crippen LogP contribution is 2.29. The minimum absolute atomic E-state index is 0.247. The lowest BCUT2D eigenvalue weighted by Gasteiger charge is -2.25. The number of para-hydroxylation sites is 2. The molecule has 1 aromatic rings. The average Bonchev–Trinajstić information content (AvgIpc) is 2.57. The van der Waals surface area contributed by atoms with E-state index in [-0.39, 0.29) is 18.9 Å². The van der Waals surface area contributed by atoms with Crippen LogP contribution in [-0.2, 0) is 19.1 Å². The van der Waals surface area contributed by atoms with Crippen molar-refractivity contribution in [2.75, 3.05) is 18.5 Å². The van der Waals surface area contributed by atoms with Crippen molar-refractivity contribution in [1.82, 2.24) is 5.32 Å². The molecule has 1 aliphatic heterocycles. The molecule has 0 bridgehead atoms. The number of hydrogen-bond acceptors (Lipinski definition) is 5. The molecule has 0 saturated carbocycles. The highest BCUT2D eigenvalue weighted by atomic mass is 16.5. The van der Waals surface area contributed by atoms with Gasteiger partial charge in [-0.15, -0.1) is 0 Å². The van der Waals surface area contributed by atoms with E-state index in [0.29, 0.717) is 18.0 Å². The smallest absolute Gasteiger partial charge is 0.310 e. The van der Waals surface area contributed by atoms with Gasteiger partial charge in [0.2, 0.25) is 0 Å². The molecule has 0 aromatic heterocycles. The van der Waals surface area contributed by atoms with Gasteiger partial charge in [0.05, 0.1) is 12.1 Å². The Labute approximate surface area is 140 Å². The quantitative estimate of drug-likeness (QED) is 0.557. The third-order valence-corrected chi connectivity index (χ3v) is 3.53. The van der Waals surface area contributed by atoms with Crippen molar-refractivity contribution in [2.24, 2.45) is 0 Å². The molecule has 0 saturated heterocycles. The molecule has 0 aliphatic carbocycles. The molecule has 0 spiro atoms. The maximum absolute atomic E-state index is 11.9. The third-order valence-electron chi connectivity index (χ3n) is 3.53. The largest absolute Gasteiger partial charge is 0.478 e. The molecule has 1 aliphatic rings. The van der Waals surface area contributed by atoms with E-state index in [1.165, 1.54) is 0 Å². The first-order chi connectivity index (χ1) is 11.6. The summed E-state index contributed by atoms with van der Waals surface area (Å²) in [5, 5.41) is 5.34. The van der Waals surface area contributed by atoms with Gasteiger partial charge < -0.3 is 20.1 Å². The normalized spacial score (nSPS) is 15.7. The molecule has 0 fully saturated rings. The molecular weight excluding hydrogens is 312 g/mol. The van der Waals surface area contributed by atoms with Crippen LogP contribution in [0.3, 0.4) is 0 Å². The minimum Gasteiger partial charge on any atom is -0.478 e. The Balaban J connectivity index is 1.73. The number of carbonyl (C=O) groups excluding carboxylic acids is 3. The molecule has 0 radical (unpaired) electrons. The van der Waals surface area contributed by atoms with Gasteiger partial charge in [0.1, 0.15) is 5.75 Å². The molecule has 2 amide bonds. The summed E-state index contributed by atoms with van der Waals surface area (Å²) in [4.78, 5) is 35.2. The lowest BCUT2D eigenvalue weighted by molar-refractivity contribution is -0.151. The number of nitrogens with one attached hydrogen (secondary N) is 2. The van der Waals surface area contributed by atoms with E-state index in [1.807, 2.05) is 0 Å². The second kappa shape index (κ2) is 8.90. The number of carbonyl (C=O) groups is 3. The Kier molecular flexibility index (Phi) is 6.60.